The van der Waals surface area contributed by atoms with Crippen LogP contribution in [-0.4, -0.2) is 50.0 Å². The van der Waals surface area contributed by atoms with Crippen LogP contribution in [0, 0.1) is 11.6 Å². The van der Waals surface area contributed by atoms with Crippen molar-refractivity contribution in [2.24, 2.45) is 0 Å². The molecular formula is C30H33Cl2F2N3O4S. The summed E-state index contributed by atoms with van der Waals surface area (Å²) in [5.41, 5.74) is 1.43. The lowest BCUT2D eigenvalue weighted by Crippen LogP contribution is -2.51. The number of hydrogen-bond acceptors (Lipinski definition) is 4. The number of sulfonamides is 1. The number of carbonyl (C=O) groups excluding carboxylic acids is 2. The molecule has 0 unspecified atom stereocenters. The summed E-state index contributed by atoms with van der Waals surface area (Å²) in [6.07, 6.45) is 1.10. The van der Waals surface area contributed by atoms with Gasteiger partial charge in [-0.05, 0) is 55.7 Å². The number of benzene rings is 3. The van der Waals surface area contributed by atoms with Crippen LogP contribution in [0.1, 0.15) is 37.8 Å². The van der Waals surface area contributed by atoms with Crippen LogP contribution in [0.3, 0.4) is 0 Å². The number of nitrogens with zero attached hydrogens (tertiary/aromatic N) is 2. The first kappa shape index (κ1) is 33.3. The van der Waals surface area contributed by atoms with Crippen LogP contribution in [0.5, 0.6) is 0 Å². The maximum absolute atomic E-state index is 13.9. The molecule has 0 radical (unpaired) electrons. The summed E-state index contributed by atoms with van der Waals surface area (Å²) in [5.74, 6) is -3.05. The normalized spacial score (nSPS) is 12.2. The van der Waals surface area contributed by atoms with Gasteiger partial charge >= 0.3 is 0 Å². The van der Waals surface area contributed by atoms with E-state index in [1.54, 1.807) is 18.2 Å². The molecule has 7 nitrogen and oxygen atoms in total. The Morgan fingerprint density at radius 3 is 2.19 bits per heavy atom. The van der Waals surface area contributed by atoms with Gasteiger partial charge in [0.15, 0.2) is 11.6 Å². The largest absolute Gasteiger partial charge is 0.352 e. The Bertz CT molecular complexity index is 1510. The minimum absolute atomic E-state index is 0.0394. The summed E-state index contributed by atoms with van der Waals surface area (Å²) in [6.45, 7) is 3.51. The van der Waals surface area contributed by atoms with Gasteiger partial charge in [-0.1, -0.05) is 59.6 Å². The fourth-order valence-corrected chi connectivity index (χ4v) is 5.69. The van der Waals surface area contributed by atoms with Gasteiger partial charge in [0.05, 0.1) is 22.0 Å². The fourth-order valence-electron chi connectivity index (χ4n) is 4.41. The molecule has 0 saturated heterocycles. The van der Waals surface area contributed by atoms with E-state index in [4.69, 9.17) is 23.2 Å². The zero-order valence-electron chi connectivity index (χ0n) is 23.5. The van der Waals surface area contributed by atoms with E-state index >= 15 is 0 Å². The van der Waals surface area contributed by atoms with Gasteiger partial charge in [-0.2, -0.15) is 0 Å². The van der Waals surface area contributed by atoms with Crippen molar-refractivity contribution in [3.8, 4) is 0 Å². The molecule has 0 saturated carbocycles. The summed E-state index contributed by atoms with van der Waals surface area (Å²) in [4.78, 5) is 28.7. The number of amides is 2. The first-order chi connectivity index (χ1) is 19.8. The van der Waals surface area contributed by atoms with E-state index in [1.165, 1.54) is 4.90 Å². The Hall–Kier alpha value is -3.21. The minimum Gasteiger partial charge on any atom is -0.352 e. The smallest absolute Gasteiger partial charge is 0.243 e. The Morgan fingerprint density at radius 1 is 0.905 bits per heavy atom. The van der Waals surface area contributed by atoms with E-state index in [1.807, 2.05) is 44.2 Å². The van der Waals surface area contributed by atoms with Gasteiger partial charge in [-0.25, -0.2) is 17.2 Å². The van der Waals surface area contributed by atoms with Crippen molar-refractivity contribution in [1.29, 1.82) is 0 Å². The van der Waals surface area contributed by atoms with E-state index in [-0.39, 0.29) is 50.0 Å². The third kappa shape index (κ3) is 9.40. The molecule has 0 aliphatic heterocycles. The van der Waals surface area contributed by atoms with Crippen LogP contribution in [0.4, 0.5) is 14.5 Å². The highest BCUT2D eigenvalue weighted by Gasteiger charge is 2.31. The number of hydrogen-bond donors (Lipinski definition) is 1. The molecule has 42 heavy (non-hydrogen) atoms. The molecule has 3 rings (SSSR count). The second-order valence-corrected chi connectivity index (χ2v) is 12.9. The fraction of sp³-hybridized carbons (Fsp3) is 0.333. The van der Waals surface area contributed by atoms with E-state index in [0.29, 0.717) is 15.6 Å². The molecule has 2 amide bonds. The van der Waals surface area contributed by atoms with E-state index in [9.17, 15) is 26.8 Å². The zero-order chi connectivity index (χ0) is 31.0. The average molecular weight is 641 g/mol. The number of nitrogens with one attached hydrogen (secondary N) is 1. The Balaban J connectivity index is 1.91. The monoisotopic (exact) mass is 639 g/mol. The van der Waals surface area contributed by atoms with Crippen molar-refractivity contribution in [2.45, 2.75) is 51.7 Å². The van der Waals surface area contributed by atoms with Gasteiger partial charge in [-0.3, -0.25) is 13.9 Å². The topological polar surface area (TPSA) is 86.8 Å². The summed E-state index contributed by atoms with van der Waals surface area (Å²) in [5, 5.41) is 3.53. The SMILES string of the molecule is CC(C)NC(=O)[C@@H](Cc1ccccc1)N(Cc1ccc(Cl)c(Cl)c1)C(=O)CCCN(c1ccc(F)c(F)c1)S(C)(=O)=O. The highest BCUT2D eigenvalue weighted by molar-refractivity contribution is 7.92. The maximum Gasteiger partial charge on any atom is 0.243 e. The van der Waals surface area contributed by atoms with Crippen LogP contribution in [0.2, 0.25) is 10.0 Å². The first-order valence-electron chi connectivity index (χ1n) is 13.3. The molecule has 0 spiro atoms. The molecular weight excluding hydrogens is 607 g/mol. The lowest BCUT2D eigenvalue weighted by molar-refractivity contribution is -0.141. The summed E-state index contributed by atoms with van der Waals surface area (Å²) < 4.78 is 53.2. The standard InChI is InChI=1S/C30H33Cl2F2N3O4S/c1-20(2)35-30(39)28(17-21-8-5-4-6-9-21)36(19-22-11-13-24(31)25(32)16-22)29(38)10-7-15-37(42(3,40)41)23-12-14-26(33)27(34)18-23/h4-6,8-9,11-14,16,18,20,28H,7,10,15,17,19H2,1-3H3,(H,35,39)/t28-/m1/s1. The molecule has 3 aromatic carbocycles. The average Bonchev–Trinajstić information content (AvgIpc) is 2.91. The first-order valence-corrected chi connectivity index (χ1v) is 15.9. The third-order valence-electron chi connectivity index (χ3n) is 6.38. The van der Waals surface area contributed by atoms with Crippen molar-refractivity contribution in [2.75, 3.05) is 17.1 Å². The van der Waals surface area contributed by atoms with Crippen molar-refractivity contribution in [3.05, 3.63) is 99.5 Å². The molecule has 0 heterocycles. The lowest BCUT2D eigenvalue weighted by Gasteiger charge is -2.32. The van der Waals surface area contributed by atoms with Crippen molar-refractivity contribution in [3.63, 3.8) is 0 Å². The summed E-state index contributed by atoms with van der Waals surface area (Å²) in [7, 11) is -3.88. The quantitative estimate of drug-likeness (QED) is 0.249. The lowest BCUT2D eigenvalue weighted by atomic mass is 10.0. The van der Waals surface area contributed by atoms with Gasteiger partial charge in [0, 0.05) is 38.0 Å². The molecule has 1 N–H and O–H groups in total. The van der Waals surface area contributed by atoms with Crippen LogP contribution in [0.25, 0.3) is 0 Å². The predicted molar refractivity (Wildman–Crippen MR) is 162 cm³/mol. The summed E-state index contributed by atoms with van der Waals surface area (Å²) in [6, 6.07) is 15.9. The van der Waals surface area contributed by atoms with E-state index in [0.717, 1.165) is 34.3 Å². The number of anilines is 1. The Labute approximate surface area is 255 Å². The number of halogens is 4. The molecule has 0 fully saturated rings. The van der Waals surface area contributed by atoms with Gasteiger partial charge in [0.2, 0.25) is 21.8 Å². The molecule has 0 bridgehead atoms. The van der Waals surface area contributed by atoms with Crippen molar-refractivity contribution in [1.82, 2.24) is 10.2 Å². The van der Waals surface area contributed by atoms with E-state index < -0.39 is 33.6 Å². The van der Waals surface area contributed by atoms with Gasteiger partial charge < -0.3 is 10.2 Å². The third-order valence-corrected chi connectivity index (χ3v) is 8.32. The molecule has 0 aromatic heterocycles. The highest BCUT2D eigenvalue weighted by atomic mass is 35.5. The minimum atomic E-state index is -3.88. The second kappa shape index (κ2) is 14.8. The van der Waals surface area contributed by atoms with E-state index in [2.05, 4.69) is 5.32 Å². The molecule has 3 aromatic rings. The van der Waals surface area contributed by atoms with Gasteiger partial charge in [0.25, 0.3) is 0 Å². The van der Waals surface area contributed by atoms with Crippen LogP contribution in [0.15, 0.2) is 66.7 Å². The van der Waals surface area contributed by atoms with Crippen LogP contribution in [-0.2, 0) is 32.6 Å². The van der Waals surface area contributed by atoms with Crippen LogP contribution >= 0.6 is 23.2 Å². The molecule has 0 aliphatic rings. The predicted octanol–water partition coefficient (Wildman–Crippen LogP) is 5.98. The molecule has 226 valence electrons. The van der Waals surface area contributed by atoms with Crippen molar-refractivity contribution < 1.29 is 26.8 Å². The van der Waals surface area contributed by atoms with Crippen LogP contribution < -0.4 is 9.62 Å². The number of carbonyl (C=O) groups is 2. The molecule has 12 heteroatoms. The zero-order valence-corrected chi connectivity index (χ0v) is 25.8. The second-order valence-electron chi connectivity index (χ2n) is 10.2. The number of rotatable bonds is 13. The van der Waals surface area contributed by atoms with Gasteiger partial charge in [0.1, 0.15) is 6.04 Å². The Morgan fingerprint density at radius 2 is 1.60 bits per heavy atom. The maximum atomic E-state index is 13.9. The van der Waals surface area contributed by atoms with Gasteiger partial charge in [-0.15, -0.1) is 0 Å². The Kier molecular flexibility index (Phi) is 11.7. The summed E-state index contributed by atoms with van der Waals surface area (Å²) >= 11 is 12.3. The van der Waals surface area contributed by atoms with Crippen molar-refractivity contribution >= 4 is 50.7 Å². The molecule has 1 atom stereocenters. The highest BCUT2D eigenvalue weighted by Crippen LogP contribution is 2.25. The molecule has 0 aliphatic carbocycles.